The van der Waals surface area contributed by atoms with Crippen molar-refractivity contribution in [2.45, 2.75) is 6.54 Å². The predicted molar refractivity (Wildman–Crippen MR) is 168 cm³/mol. The van der Waals surface area contributed by atoms with Gasteiger partial charge in [-0.25, -0.2) is 9.18 Å². The minimum Gasteiger partial charge on any atom is -0.453 e. The monoisotopic (exact) mass is 622 g/mol. The highest BCUT2D eigenvalue weighted by Gasteiger charge is 2.15. The van der Waals surface area contributed by atoms with Crippen LogP contribution in [-0.4, -0.2) is 42.2 Å². The summed E-state index contributed by atoms with van der Waals surface area (Å²) < 4.78 is 26.7. The van der Waals surface area contributed by atoms with Crippen LogP contribution in [-0.2, 0) is 11.3 Å². The van der Waals surface area contributed by atoms with Gasteiger partial charge in [-0.15, -0.1) is 23.7 Å². The molecule has 5 rings (SSSR count). The number of hydrogen-bond acceptors (Lipinski definition) is 8. The second-order valence-corrected chi connectivity index (χ2v) is 10.2. The Balaban J connectivity index is 0.00000423. The molecule has 3 heterocycles. The van der Waals surface area contributed by atoms with Crippen LogP contribution in [0.15, 0.2) is 79.1 Å². The van der Waals surface area contributed by atoms with Gasteiger partial charge in [0, 0.05) is 61.7 Å². The number of halogens is 2. The first-order chi connectivity index (χ1) is 20.4. The smallest absolute Gasteiger partial charge is 0.323 e. The molecular weight excluding hydrogens is 595 g/mol. The zero-order chi connectivity index (χ0) is 29.5. The Kier molecular flexibility index (Phi) is 10.6. The minimum absolute atomic E-state index is 0. The van der Waals surface area contributed by atoms with Crippen molar-refractivity contribution < 1.29 is 23.5 Å². The van der Waals surface area contributed by atoms with Crippen molar-refractivity contribution in [3.63, 3.8) is 0 Å². The number of nitrogens with zero attached hydrogens (tertiary/aromatic N) is 2. The van der Waals surface area contributed by atoms with Crippen molar-refractivity contribution in [2.24, 2.45) is 5.73 Å². The second-order valence-electron chi connectivity index (χ2n) is 9.13. The highest BCUT2D eigenvalue weighted by atomic mass is 35.5. The van der Waals surface area contributed by atoms with Gasteiger partial charge >= 0.3 is 6.03 Å². The number of rotatable bonds is 11. The number of nitrogens with one attached hydrogen (secondary N) is 3. The third-order valence-electron chi connectivity index (χ3n) is 6.08. The lowest BCUT2D eigenvalue weighted by molar-refractivity contribution is 0.1000. The van der Waals surface area contributed by atoms with Gasteiger partial charge in [0.1, 0.15) is 5.75 Å². The Morgan fingerprint density at radius 1 is 0.977 bits per heavy atom. The number of methoxy groups -OCH3 is 1. The lowest BCUT2D eigenvalue weighted by Crippen LogP contribution is -2.20. The number of primary amides is 1. The Morgan fingerprint density at radius 2 is 1.79 bits per heavy atom. The van der Waals surface area contributed by atoms with Crippen LogP contribution in [0.2, 0.25) is 0 Å². The number of benzene rings is 2. The van der Waals surface area contributed by atoms with Gasteiger partial charge < -0.3 is 31.2 Å². The van der Waals surface area contributed by atoms with Crippen LogP contribution in [0.5, 0.6) is 11.5 Å². The molecule has 0 fully saturated rings. The molecule has 2 aromatic carbocycles. The Labute approximate surface area is 256 Å². The molecule has 13 heteroatoms. The summed E-state index contributed by atoms with van der Waals surface area (Å²) in [6.07, 6.45) is 3.43. The molecule has 10 nitrogen and oxygen atoms in total. The average Bonchev–Trinajstić information content (AvgIpc) is 3.43. The van der Waals surface area contributed by atoms with Gasteiger partial charge in [-0.2, -0.15) is 0 Å². The number of carbonyl (C=O) groups excluding carboxylic acids is 2. The lowest BCUT2D eigenvalue weighted by Gasteiger charge is -2.11. The standard InChI is InChI=1S/C30H27FN6O4S.ClH/c1-40-12-11-33-16-18-5-7-23(35-17-18)27-15-24-28(42-27)26(9-10-34-24)41-25-8-6-21(14-22(25)31)37-30(39)36-20-4-2-3-19(13-20)29(32)38;/h2-10,13-15,17,33H,11-12,16H2,1H3,(H2,32,38)(H2,36,37,39);1H. The van der Waals surface area contributed by atoms with Crippen LogP contribution >= 0.6 is 23.7 Å². The van der Waals surface area contributed by atoms with Gasteiger partial charge in [-0.05, 0) is 48.0 Å². The molecule has 222 valence electrons. The molecule has 0 aliphatic heterocycles. The van der Waals surface area contributed by atoms with Gasteiger partial charge in [0.25, 0.3) is 0 Å². The molecular formula is C30H28ClFN6O4S. The van der Waals surface area contributed by atoms with Crippen molar-refractivity contribution >= 4 is 57.3 Å². The number of aromatic nitrogens is 2. The van der Waals surface area contributed by atoms with Gasteiger partial charge in [0.2, 0.25) is 5.91 Å². The van der Waals surface area contributed by atoms with E-state index in [0.29, 0.717) is 30.1 Å². The van der Waals surface area contributed by atoms with E-state index in [1.165, 1.54) is 35.6 Å². The summed E-state index contributed by atoms with van der Waals surface area (Å²) in [4.78, 5) is 33.7. The summed E-state index contributed by atoms with van der Waals surface area (Å²) >= 11 is 1.45. The molecule has 0 spiro atoms. The first-order valence-corrected chi connectivity index (χ1v) is 13.7. The molecule has 0 bridgehead atoms. The Bertz CT molecular complexity index is 1730. The zero-order valence-electron chi connectivity index (χ0n) is 22.9. The van der Waals surface area contributed by atoms with Gasteiger partial charge in [0.05, 0.1) is 27.4 Å². The van der Waals surface area contributed by atoms with E-state index in [9.17, 15) is 9.59 Å². The molecule has 43 heavy (non-hydrogen) atoms. The highest BCUT2D eigenvalue weighted by Crippen LogP contribution is 2.39. The molecule has 0 unspecified atom stereocenters. The van der Waals surface area contributed by atoms with Crippen molar-refractivity contribution in [1.82, 2.24) is 15.3 Å². The van der Waals surface area contributed by atoms with Gasteiger partial charge in [-0.3, -0.25) is 14.8 Å². The number of nitrogens with two attached hydrogens (primary N) is 1. The highest BCUT2D eigenvalue weighted by molar-refractivity contribution is 7.22. The zero-order valence-corrected chi connectivity index (χ0v) is 24.6. The number of anilines is 2. The maximum atomic E-state index is 15.0. The third kappa shape index (κ3) is 8.02. The number of thiophene rings is 1. The summed E-state index contributed by atoms with van der Waals surface area (Å²) in [5.74, 6) is -0.848. The summed E-state index contributed by atoms with van der Waals surface area (Å²) in [5.41, 5.74) is 8.66. The van der Waals surface area contributed by atoms with Gasteiger partial charge in [-0.1, -0.05) is 12.1 Å². The number of urea groups is 1. The quantitative estimate of drug-likeness (QED) is 0.129. The SMILES string of the molecule is COCCNCc1ccc(-c2cc3nccc(Oc4ccc(NC(=O)Nc5cccc(C(N)=O)c5)cc4F)c3s2)nc1.Cl. The summed E-state index contributed by atoms with van der Waals surface area (Å²) in [6.45, 7) is 2.09. The van der Waals surface area contributed by atoms with Crippen LogP contribution < -0.4 is 26.4 Å². The Morgan fingerprint density at radius 3 is 2.51 bits per heavy atom. The van der Waals surface area contributed by atoms with Crippen LogP contribution in [0, 0.1) is 5.82 Å². The Hall–Kier alpha value is -4.62. The van der Waals surface area contributed by atoms with Crippen molar-refractivity contribution in [3.8, 4) is 22.1 Å². The van der Waals surface area contributed by atoms with E-state index in [1.54, 1.807) is 31.5 Å². The molecule has 0 saturated carbocycles. The summed E-state index contributed by atoms with van der Waals surface area (Å²) in [7, 11) is 1.67. The first kappa shape index (κ1) is 31.3. The van der Waals surface area contributed by atoms with E-state index in [0.717, 1.165) is 33.4 Å². The minimum atomic E-state index is -0.665. The fourth-order valence-electron chi connectivity index (χ4n) is 4.03. The second kappa shape index (κ2) is 14.5. The molecule has 3 aromatic heterocycles. The van der Waals surface area contributed by atoms with Crippen molar-refractivity contribution in [1.29, 1.82) is 0 Å². The average molecular weight is 623 g/mol. The topological polar surface area (TPSA) is 140 Å². The molecule has 0 saturated heterocycles. The van der Waals surface area contributed by atoms with Crippen LogP contribution in [0.3, 0.4) is 0 Å². The number of fused-ring (bicyclic) bond motifs is 1. The maximum absolute atomic E-state index is 15.0. The van der Waals surface area contributed by atoms with E-state index in [2.05, 4.69) is 25.9 Å². The molecule has 0 radical (unpaired) electrons. The fourth-order valence-corrected chi connectivity index (χ4v) is 5.07. The molecule has 0 aliphatic rings. The lowest BCUT2D eigenvalue weighted by atomic mass is 10.2. The van der Waals surface area contributed by atoms with E-state index in [-0.39, 0.29) is 29.4 Å². The van der Waals surface area contributed by atoms with Crippen LogP contribution in [0.4, 0.5) is 20.6 Å². The molecule has 0 atom stereocenters. The van der Waals surface area contributed by atoms with E-state index in [4.69, 9.17) is 15.2 Å². The number of carbonyl (C=O) groups is 2. The van der Waals surface area contributed by atoms with E-state index >= 15 is 4.39 Å². The molecule has 5 aromatic rings. The number of pyridine rings is 2. The van der Waals surface area contributed by atoms with Crippen LogP contribution in [0.25, 0.3) is 20.8 Å². The van der Waals surface area contributed by atoms with Gasteiger partial charge in [0.15, 0.2) is 11.6 Å². The summed E-state index contributed by atoms with van der Waals surface area (Å²) in [6, 6.07) is 17.2. The first-order valence-electron chi connectivity index (χ1n) is 12.9. The maximum Gasteiger partial charge on any atom is 0.323 e. The number of amides is 3. The number of ether oxygens (including phenoxy) is 2. The molecule has 5 N–H and O–H groups in total. The van der Waals surface area contributed by atoms with Crippen LogP contribution in [0.1, 0.15) is 15.9 Å². The van der Waals surface area contributed by atoms with E-state index < -0.39 is 17.8 Å². The number of hydrogen-bond donors (Lipinski definition) is 4. The van der Waals surface area contributed by atoms with Crippen molar-refractivity contribution in [2.75, 3.05) is 30.9 Å². The third-order valence-corrected chi connectivity index (χ3v) is 7.24. The fraction of sp³-hybridized carbons (Fsp3) is 0.133. The molecule has 3 amide bonds. The van der Waals surface area contributed by atoms with Crippen molar-refractivity contribution in [3.05, 3.63) is 96.1 Å². The predicted octanol–water partition coefficient (Wildman–Crippen LogP) is 6.19. The van der Waals surface area contributed by atoms with E-state index in [1.807, 2.05) is 24.4 Å². The molecule has 0 aliphatic carbocycles. The normalized spacial score (nSPS) is 10.7. The summed E-state index contributed by atoms with van der Waals surface area (Å²) in [5, 5.41) is 8.43. The largest absolute Gasteiger partial charge is 0.453 e.